The molecule has 0 atom stereocenters. The smallest absolute Gasteiger partial charge is 0.230 e. The van der Waals surface area contributed by atoms with Gasteiger partial charge < -0.3 is 30.7 Å². The molecule has 2 saturated heterocycles. The molecule has 192 valence electrons. The van der Waals surface area contributed by atoms with Gasteiger partial charge in [0.05, 0.1) is 23.9 Å². The van der Waals surface area contributed by atoms with E-state index in [0.717, 1.165) is 59.1 Å². The Morgan fingerprint density at radius 1 is 1.11 bits per heavy atom. The van der Waals surface area contributed by atoms with E-state index in [4.69, 9.17) is 14.7 Å². The summed E-state index contributed by atoms with van der Waals surface area (Å²) in [4.78, 5) is 17.4. The fourth-order valence-corrected chi connectivity index (χ4v) is 5.90. The van der Waals surface area contributed by atoms with Gasteiger partial charge in [0.2, 0.25) is 5.95 Å². The van der Waals surface area contributed by atoms with Gasteiger partial charge in [-0.15, -0.1) is 11.3 Å². The summed E-state index contributed by atoms with van der Waals surface area (Å²) < 4.78 is 5.74. The van der Waals surface area contributed by atoms with Gasteiger partial charge in [-0.3, -0.25) is 0 Å². The molecule has 2 aliphatic rings. The molecule has 9 nitrogen and oxygen atoms in total. The molecule has 0 saturated carbocycles. The lowest BCUT2D eigenvalue weighted by Crippen LogP contribution is -2.71. The molecule has 1 aromatic carbocycles. The number of thiophene rings is 1. The summed E-state index contributed by atoms with van der Waals surface area (Å²) in [6.07, 6.45) is 0. The van der Waals surface area contributed by atoms with Crippen LogP contribution in [-0.4, -0.2) is 53.3 Å². The number of anilines is 5. The quantitative estimate of drug-likeness (QED) is 0.281. The van der Waals surface area contributed by atoms with Crippen molar-refractivity contribution in [1.82, 2.24) is 20.3 Å². The van der Waals surface area contributed by atoms with Crippen molar-refractivity contribution in [1.29, 1.82) is 0 Å². The zero-order valence-corrected chi connectivity index (χ0v) is 22.2. The number of benzene rings is 1. The molecular formula is C27H31N7O2S. The zero-order chi connectivity index (χ0) is 25.8. The van der Waals surface area contributed by atoms with Crippen molar-refractivity contribution in [2.45, 2.75) is 26.4 Å². The number of nitrogens with one attached hydrogen (secondary N) is 3. The van der Waals surface area contributed by atoms with Crippen LogP contribution in [0.5, 0.6) is 5.75 Å². The van der Waals surface area contributed by atoms with Gasteiger partial charge in [0.25, 0.3) is 0 Å². The Morgan fingerprint density at radius 2 is 1.92 bits per heavy atom. The standard InChI is InChI=1S/C27H31N7O2S/c1-16-11-37-24-22(16)23(31-21-7-5-6-20(30-21)26(2,3)35)32-25(33-24)29-17-8-9-18(19(10-17)36-4)34-14-27(15-34)12-28-13-27/h5-11,28,35H,12-15H2,1-4H3,(H2,29,30,31,32,33). The lowest BCUT2D eigenvalue weighted by Gasteiger charge is -2.57. The second-order valence-corrected chi connectivity index (χ2v) is 11.4. The molecule has 4 aromatic rings. The fourth-order valence-electron chi connectivity index (χ4n) is 4.98. The van der Waals surface area contributed by atoms with E-state index < -0.39 is 5.60 Å². The minimum atomic E-state index is -1.04. The maximum atomic E-state index is 10.4. The van der Waals surface area contributed by atoms with Gasteiger partial charge in [-0.1, -0.05) is 6.07 Å². The van der Waals surface area contributed by atoms with Crippen LogP contribution in [-0.2, 0) is 5.60 Å². The highest BCUT2D eigenvalue weighted by molar-refractivity contribution is 7.17. The normalized spacial score (nSPS) is 16.4. The number of fused-ring (bicyclic) bond motifs is 1. The zero-order valence-electron chi connectivity index (χ0n) is 21.4. The molecule has 1 spiro atoms. The molecule has 2 aliphatic heterocycles. The number of ether oxygens (including phenoxy) is 1. The highest BCUT2D eigenvalue weighted by Crippen LogP contribution is 2.42. The number of nitrogens with zero attached hydrogens (tertiary/aromatic N) is 4. The Hall–Kier alpha value is -3.47. The van der Waals surface area contributed by atoms with Gasteiger partial charge >= 0.3 is 0 Å². The summed E-state index contributed by atoms with van der Waals surface area (Å²) in [5, 5.41) is 23.5. The lowest BCUT2D eigenvalue weighted by molar-refractivity contribution is 0.0740. The topological polar surface area (TPSA) is 107 Å². The number of aryl methyl sites for hydroxylation is 1. The number of aromatic nitrogens is 3. The number of hydrogen-bond acceptors (Lipinski definition) is 10. The highest BCUT2D eigenvalue weighted by atomic mass is 32.1. The van der Waals surface area contributed by atoms with E-state index in [0.29, 0.717) is 28.7 Å². The van der Waals surface area contributed by atoms with Gasteiger partial charge in [-0.2, -0.15) is 4.98 Å². The first kappa shape index (κ1) is 23.9. The Bertz CT molecular complexity index is 1470. The summed E-state index contributed by atoms with van der Waals surface area (Å²) in [6, 6.07) is 11.7. The number of hydrogen-bond donors (Lipinski definition) is 4. The average Bonchev–Trinajstić information content (AvgIpc) is 3.18. The largest absolute Gasteiger partial charge is 0.495 e. The molecular weight excluding hydrogens is 486 g/mol. The van der Waals surface area contributed by atoms with E-state index in [9.17, 15) is 5.11 Å². The molecule has 0 amide bonds. The van der Waals surface area contributed by atoms with Crippen molar-refractivity contribution < 1.29 is 9.84 Å². The maximum Gasteiger partial charge on any atom is 0.230 e. The Morgan fingerprint density at radius 3 is 2.62 bits per heavy atom. The monoisotopic (exact) mass is 517 g/mol. The molecule has 5 heterocycles. The van der Waals surface area contributed by atoms with Crippen molar-refractivity contribution in [2.24, 2.45) is 5.41 Å². The van der Waals surface area contributed by atoms with Crippen molar-refractivity contribution in [3.8, 4) is 5.75 Å². The van der Waals surface area contributed by atoms with Crippen LogP contribution in [0.1, 0.15) is 25.1 Å². The molecule has 0 aliphatic carbocycles. The fraction of sp³-hybridized carbons (Fsp3) is 0.370. The lowest BCUT2D eigenvalue weighted by atomic mass is 9.74. The van der Waals surface area contributed by atoms with Crippen LogP contribution in [0.25, 0.3) is 10.2 Å². The van der Waals surface area contributed by atoms with Crippen LogP contribution in [0.15, 0.2) is 41.8 Å². The summed E-state index contributed by atoms with van der Waals surface area (Å²) >= 11 is 1.57. The molecule has 0 radical (unpaired) electrons. The van der Waals surface area contributed by atoms with Crippen LogP contribution in [0.4, 0.5) is 29.0 Å². The van der Waals surface area contributed by atoms with Crippen LogP contribution in [0, 0.1) is 12.3 Å². The van der Waals surface area contributed by atoms with Gasteiger partial charge in [0.15, 0.2) is 0 Å². The second-order valence-electron chi connectivity index (χ2n) is 10.6. The predicted molar refractivity (Wildman–Crippen MR) is 149 cm³/mol. The average molecular weight is 518 g/mol. The van der Waals surface area contributed by atoms with Crippen LogP contribution in [0.3, 0.4) is 0 Å². The summed E-state index contributed by atoms with van der Waals surface area (Å²) in [5.74, 6) is 2.58. The first-order valence-corrected chi connectivity index (χ1v) is 13.2. The summed E-state index contributed by atoms with van der Waals surface area (Å²) in [5.41, 5.74) is 3.03. The van der Waals surface area contributed by atoms with Gasteiger partial charge in [-0.25, -0.2) is 9.97 Å². The first-order valence-electron chi connectivity index (χ1n) is 12.4. The van der Waals surface area contributed by atoms with Crippen LogP contribution >= 0.6 is 11.3 Å². The SMILES string of the molecule is COc1cc(Nc2nc(Nc3cccc(C(C)(C)O)n3)c3c(C)csc3n2)ccc1N1CC2(CNC2)C1. The molecule has 4 N–H and O–H groups in total. The van der Waals surface area contributed by atoms with E-state index in [1.165, 1.54) is 0 Å². The Balaban J connectivity index is 1.28. The van der Waals surface area contributed by atoms with E-state index in [2.05, 4.69) is 37.3 Å². The Labute approximate surface area is 219 Å². The van der Waals surface area contributed by atoms with E-state index >= 15 is 0 Å². The third kappa shape index (κ3) is 4.45. The van der Waals surface area contributed by atoms with Gasteiger partial charge in [0, 0.05) is 43.3 Å². The van der Waals surface area contributed by atoms with Crippen molar-refractivity contribution in [2.75, 3.05) is 48.8 Å². The first-order chi connectivity index (χ1) is 17.7. The van der Waals surface area contributed by atoms with E-state index in [-0.39, 0.29) is 0 Å². The van der Waals surface area contributed by atoms with Gasteiger partial charge in [0.1, 0.15) is 27.8 Å². The maximum absolute atomic E-state index is 10.4. The second kappa shape index (κ2) is 8.83. The highest BCUT2D eigenvalue weighted by Gasteiger charge is 2.48. The number of pyridine rings is 1. The predicted octanol–water partition coefficient (Wildman–Crippen LogP) is 4.53. The third-order valence-corrected chi connectivity index (χ3v) is 8.06. The molecule has 3 aromatic heterocycles. The van der Waals surface area contributed by atoms with Crippen LogP contribution in [0.2, 0.25) is 0 Å². The van der Waals surface area contributed by atoms with Crippen LogP contribution < -0.4 is 25.6 Å². The molecule has 6 rings (SSSR count). The van der Waals surface area contributed by atoms with Gasteiger partial charge in [-0.05, 0) is 56.0 Å². The van der Waals surface area contributed by atoms with Crippen molar-refractivity contribution in [3.05, 3.63) is 53.0 Å². The molecule has 0 bridgehead atoms. The molecule has 2 fully saturated rings. The Kier molecular flexibility index (Phi) is 5.70. The summed E-state index contributed by atoms with van der Waals surface area (Å²) in [7, 11) is 1.71. The number of methoxy groups -OCH3 is 1. The molecule has 10 heteroatoms. The van der Waals surface area contributed by atoms with E-state index in [1.54, 1.807) is 32.3 Å². The summed E-state index contributed by atoms with van der Waals surface area (Å²) in [6.45, 7) is 9.79. The molecule has 37 heavy (non-hydrogen) atoms. The van der Waals surface area contributed by atoms with E-state index in [1.807, 2.05) is 37.3 Å². The van der Waals surface area contributed by atoms with Crippen molar-refractivity contribution >= 4 is 50.5 Å². The van der Waals surface area contributed by atoms with Crippen molar-refractivity contribution in [3.63, 3.8) is 0 Å². The third-order valence-electron chi connectivity index (χ3n) is 7.07. The minimum absolute atomic E-state index is 0.439. The number of aliphatic hydroxyl groups is 1. The minimum Gasteiger partial charge on any atom is -0.495 e. The number of rotatable bonds is 7. The molecule has 0 unspecified atom stereocenters.